The van der Waals surface area contributed by atoms with E-state index in [1.165, 1.54) is 51.4 Å². The fraction of sp³-hybridized carbons (Fsp3) is 0.867. The molecule has 1 nitrogen and oxygen atoms in total. The molecule has 1 fully saturated rings. The Labute approximate surface area is 102 Å². The first-order valence-electron chi connectivity index (χ1n) is 7.22. The van der Waals surface area contributed by atoms with Crippen LogP contribution in [0.15, 0.2) is 11.6 Å². The van der Waals surface area contributed by atoms with Crippen molar-refractivity contribution in [1.29, 1.82) is 0 Å². The Morgan fingerprint density at radius 2 is 1.81 bits per heavy atom. The summed E-state index contributed by atoms with van der Waals surface area (Å²) >= 11 is 0. The van der Waals surface area contributed by atoms with Gasteiger partial charge in [-0.05, 0) is 51.6 Å². The standard InChI is InChI=1S/C15H29N/c1-3-12-16-13-8-9-14(2)15-10-6-4-5-7-11-15/h9,15-16H,3-8,10-13H2,1-2H3/b14-9-. The van der Waals surface area contributed by atoms with Crippen LogP contribution in [0.3, 0.4) is 0 Å². The second kappa shape index (κ2) is 8.81. The summed E-state index contributed by atoms with van der Waals surface area (Å²) in [6.45, 7) is 6.88. The van der Waals surface area contributed by atoms with E-state index in [1.807, 2.05) is 0 Å². The first kappa shape index (κ1) is 13.8. The maximum Gasteiger partial charge on any atom is -0.00142 e. The Hall–Kier alpha value is -0.300. The van der Waals surface area contributed by atoms with Crippen LogP contribution in [0, 0.1) is 5.92 Å². The fourth-order valence-corrected chi connectivity index (χ4v) is 2.61. The van der Waals surface area contributed by atoms with E-state index in [2.05, 4.69) is 25.2 Å². The van der Waals surface area contributed by atoms with Crippen molar-refractivity contribution in [2.24, 2.45) is 5.92 Å². The zero-order valence-electron chi connectivity index (χ0n) is 11.2. The van der Waals surface area contributed by atoms with Crippen molar-refractivity contribution in [2.45, 2.75) is 65.2 Å². The van der Waals surface area contributed by atoms with Crippen molar-refractivity contribution in [1.82, 2.24) is 5.32 Å². The molecule has 0 radical (unpaired) electrons. The van der Waals surface area contributed by atoms with Gasteiger partial charge >= 0.3 is 0 Å². The number of rotatable bonds is 6. The van der Waals surface area contributed by atoms with Crippen molar-refractivity contribution < 1.29 is 0 Å². The Kier molecular flexibility index (Phi) is 7.58. The average molecular weight is 223 g/mol. The van der Waals surface area contributed by atoms with Gasteiger partial charge in [-0.25, -0.2) is 0 Å². The van der Waals surface area contributed by atoms with Gasteiger partial charge in [0.2, 0.25) is 0 Å². The summed E-state index contributed by atoms with van der Waals surface area (Å²) in [5.41, 5.74) is 1.65. The summed E-state index contributed by atoms with van der Waals surface area (Å²) in [5.74, 6) is 0.897. The smallest absolute Gasteiger partial charge is 0.00142 e. The molecule has 0 bridgehead atoms. The van der Waals surface area contributed by atoms with E-state index in [1.54, 1.807) is 5.57 Å². The minimum absolute atomic E-state index is 0.897. The molecule has 1 rings (SSSR count). The maximum absolute atomic E-state index is 3.46. The highest BCUT2D eigenvalue weighted by molar-refractivity contribution is 5.04. The molecular weight excluding hydrogens is 194 g/mol. The number of nitrogens with one attached hydrogen (secondary N) is 1. The zero-order valence-corrected chi connectivity index (χ0v) is 11.2. The van der Waals surface area contributed by atoms with Gasteiger partial charge < -0.3 is 5.32 Å². The highest BCUT2D eigenvalue weighted by Crippen LogP contribution is 2.28. The van der Waals surface area contributed by atoms with Crippen molar-refractivity contribution in [3.8, 4) is 0 Å². The van der Waals surface area contributed by atoms with Crippen molar-refractivity contribution in [3.05, 3.63) is 11.6 Å². The van der Waals surface area contributed by atoms with Gasteiger partial charge in [0.25, 0.3) is 0 Å². The molecule has 0 atom stereocenters. The molecule has 1 aliphatic rings. The van der Waals surface area contributed by atoms with Gasteiger partial charge in [-0.3, -0.25) is 0 Å². The highest BCUT2D eigenvalue weighted by atomic mass is 14.8. The summed E-state index contributed by atoms with van der Waals surface area (Å²) in [6, 6.07) is 0. The molecule has 1 heteroatoms. The second-order valence-electron chi connectivity index (χ2n) is 5.18. The van der Waals surface area contributed by atoms with Crippen LogP contribution in [-0.2, 0) is 0 Å². The van der Waals surface area contributed by atoms with E-state index < -0.39 is 0 Å². The third-order valence-corrected chi connectivity index (χ3v) is 3.71. The zero-order chi connectivity index (χ0) is 11.6. The average Bonchev–Trinajstić information content (AvgIpc) is 2.57. The third kappa shape index (κ3) is 5.69. The largest absolute Gasteiger partial charge is 0.316 e. The van der Waals surface area contributed by atoms with Gasteiger partial charge in [-0.1, -0.05) is 44.3 Å². The Bertz CT molecular complexity index is 188. The molecule has 1 saturated carbocycles. The summed E-state index contributed by atoms with van der Waals surface area (Å²) in [5, 5.41) is 3.46. The molecule has 1 N–H and O–H groups in total. The lowest BCUT2D eigenvalue weighted by atomic mass is 9.92. The van der Waals surface area contributed by atoms with E-state index in [0.717, 1.165) is 19.0 Å². The molecule has 0 aliphatic heterocycles. The maximum atomic E-state index is 3.46. The van der Waals surface area contributed by atoms with Gasteiger partial charge in [-0.2, -0.15) is 0 Å². The predicted octanol–water partition coefficient (Wildman–Crippen LogP) is 4.29. The molecule has 0 spiro atoms. The quantitative estimate of drug-likeness (QED) is 0.402. The van der Waals surface area contributed by atoms with E-state index in [0.29, 0.717) is 0 Å². The van der Waals surface area contributed by atoms with Gasteiger partial charge in [0.15, 0.2) is 0 Å². The van der Waals surface area contributed by atoms with Gasteiger partial charge in [0.05, 0.1) is 0 Å². The molecular formula is C15H29N. The number of hydrogen-bond donors (Lipinski definition) is 1. The van der Waals surface area contributed by atoms with Crippen molar-refractivity contribution >= 4 is 0 Å². The first-order chi connectivity index (χ1) is 7.84. The first-order valence-corrected chi connectivity index (χ1v) is 7.22. The molecule has 0 heterocycles. The van der Waals surface area contributed by atoms with Crippen LogP contribution in [0.25, 0.3) is 0 Å². The number of allylic oxidation sites excluding steroid dienone is 1. The lowest BCUT2D eigenvalue weighted by Gasteiger charge is -2.14. The van der Waals surface area contributed by atoms with Crippen LogP contribution >= 0.6 is 0 Å². The molecule has 0 amide bonds. The van der Waals surface area contributed by atoms with Gasteiger partial charge in [0.1, 0.15) is 0 Å². The van der Waals surface area contributed by atoms with E-state index in [-0.39, 0.29) is 0 Å². The van der Waals surface area contributed by atoms with Crippen LogP contribution in [0.5, 0.6) is 0 Å². The molecule has 0 saturated heterocycles. The monoisotopic (exact) mass is 223 g/mol. The topological polar surface area (TPSA) is 12.0 Å². The van der Waals surface area contributed by atoms with Crippen molar-refractivity contribution in [3.63, 3.8) is 0 Å². The van der Waals surface area contributed by atoms with Crippen LogP contribution in [0.4, 0.5) is 0 Å². The fourth-order valence-electron chi connectivity index (χ4n) is 2.61. The van der Waals surface area contributed by atoms with Crippen LogP contribution in [0.2, 0.25) is 0 Å². The lowest BCUT2D eigenvalue weighted by Crippen LogP contribution is -2.15. The minimum atomic E-state index is 0.897. The van der Waals surface area contributed by atoms with Gasteiger partial charge in [0, 0.05) is 0 Å². The second-order valence-corrected chi connectivity index (χ2v) is 5.18. The van der Waals surface area contributed by atoms with Crippen molar-refractivity contribution in [2.75, 3.05) is 13.1 Å². The lowest BCUT2D eigenvalue weighted by molar-refractivity contribution is 0.527. The number of hydrogen-bond acceptors (Lipinski definition) is 1. The Morgan fingerprint density at radius 3 is 2.44 bits per heavy atom. The summed E-state index contributed by atoms with van der Waals surface area (Å²) < 4.78 is 0. The SMILES string of the molecule is CCCNCC/C=C(/C)C1CCCCCC1. The molecule has 16 heavy (non-hydrogen) atoms. The Morgan fingerprint density at radius 1 is 1.12 bits per heavy atom. The van der Waals surface area contributed by atoms with E-state index >= 15 is 0 Å². The normalized spacial score (nSPS) is 19.8. The minimum Gasteiger partial charge on any atom is -0.316 e. The molecule has 0 aromatic rings. The molecule has 0 aromatic heterocycles. The predicted molar refractivity (Wildman–Crippen MR) is 72.7 cm³/mol. The molecule has 1 aliphatic carbocycles. The Balaban J connectivity index is 2.19. The summed E-state index contributed by atoms with van der Waals surface area (Å²) in [6.07, 6.45) is 13.6. The molecule has 0 aromatic carbocycles. The molecule has 94 valence electrons. The highest BCUT2D eigenvalue weighted by Gasteiger charge is 2.12. The molecule has 0 unspecified atom stereocenters. The van der Waals surface area contributed by atoms with Gasteiger partial charge in [-0.15, -0.1) is 0 Å². The summed E-state index contributed by atoms with van der Waals surface area (Å²) in [4.78, 5) is 0. The van der Waals surface area contributed by atoms with Crippen LogP contribution in [0.1, 0.15) is 65.2 Å². The van der Waals surface area contributed by atoms with Crippen LogP contribution < -0.4 is 5.32 Å². The summed E-state index contributed by atoms with van der Waals surface area (Å²) in [7, 11) is 0. The van der Waals surface area contributed by atoms with E-state index in [9.17, 15) is 0 Å². The third-order valence-electron chi connectivity index (χ3n) is 3.71. The van der Waals surface area contributed by atoms with Crippen LogP contribution in [-0.4, -0.2) is 13.1 Å². The van der Waals surface area contributed by atoms with E-state index in [4.69, 9.17) is 0 Å².